The molecule has 0 spiro atoms. The van der Waals surface area contributed by atoms with Gasteiger partial charge in [0, 0.05) is 28.2 Å². The maximum absolute atomic E-state index is 10.5. The van der Waals surface area contributed by atoms with Crippen molar-refractivity contribution in [2.75, 3.05) is 5.32 Å². The van der Waals surface area contributed by atoms with Gasteiger partial charge in [-0.3, -0.25) is 10.1 Å². The van der Waals surface area contributed by atoms with E-state index in [0.717, 1.165) is 27.1 Å². The molecule has 0 saturated carbocycles. The molecule has 0 atom stereocenters. The Kier molecular flexibility index (Phi) is 3.75. The molecule has 0 radical (unpaired) electrons. The molecule has 0 amide bonds. The molecule has 1 aromatic carbocycles. The highest BCUT2D eigenvalue weighted by Crippen LogP contribution is 2.23. The summed E-state index contributed by atoms with van der Waals surface area (Å²) in [5.41, 5.74) is 1.90. The zero-order valence-electron chi connectivity index (χ0n) is 8.72. The number of rotatable bonds is 4. The molecule has 1 N–H and O–H groups in total. The first-order valence-corrected chi connectivity index (χ1v) is 6.53. The Morgan fingerprint density at radius 3 is 2.88 bits per heavy atom. The smallest absolute Gasteiger partial charge is 0.324 e. The summed E-state index contributed by atoms with van der Waals surface area (Å²) in [6, 6.07) is 9.38. The molecule has 2 rings (SSSR count). The molecule has 0 unspecified atom stereocenters. The van der Waals surface area contributed by atoms with Crippen molar-refractivity contribution in [2.45, 2.75) is 6.54 Å². The van der Waals surface area contributed by atoms with Crippen LogP contribution in [0.2, 0.25) is 0 Å². The summed E-state index contributed by atoms with van der Waals surface area (Å²) in [4.78, 5) is 10.2. The first-order valence-electron chi connectivity index (χ1n) is 4.86. The molecule has 1 heterocycles. The van der Waals surface area contributed by atoms with Gasteiger partial charge in [0.25, 0.3) is 0 Å². The lowest BCUT2D eigenvalue weighted by atomic mass is 10.3. The van der Waals surface area contributed by atoms with Crippen molar-refractivity contribution in [1.29, 1.82) is 0 Å². The third-order valence-corrected chi connectivity index (χ3v) is 3.56. The topological polar surface area (TPSA) is 55.2 Å². The van der Waals surface area contributed by atoms with Crippen molar-refractivity contribution in [1.82, 2.24) is 0 Å². The van der Waals surface area contributed by atoms with E-state index >= 15 is 0 Å². The second kappa shape index (κ2) is 5.29. The minimum Gasteiger partial charge on any atom is -0.381 e. The van der Waals surface area contributed by atoms with Crippen LogP contribution in [0.4, 0.5) is 10.7 Å². The van der Waals surface area contributed by atoms with E-state index in [9.17, 15) is 10.1 Å². The molecule has 0 saturated heterocycles. The highest BCUT2D eigenvalue weighted by atomic mass is 79.9. The summed E-state index contributed by atoms with van der Waals surface area (Å²) in [5, 5.41) is 15.7. The molecule has 17 heavy (non-hydrogen) atoms. The van der Waals surface area contributed by atoms with Crippen molar-refractivity contribution in [3.8, 4) is 0 Å². The van der Waals surface area contributed by atoms with Gasteiger partial charge in [-0.1, -0.05) is 33.3 Å². The number of nitrogens with one attached hydrogen (secondary N) is 1. The van der Waals surface area contributed by atoms with E-state index in [0.29, 0.717) is 6.54 Å². The molecule has 6 heteroatoms. The highest BCUT2D eigenvalue weighted by Gasteiger charge is 2.08. The highest BCUT2D eigenvalue weighted by molar-refractivity contribution is 9.10. The van der Waals surface area contributed by atoms with Crippen LogP contribution in [0.15, 0.2) is 40.2 Å². The lowest BCUT2D eigenvalue weighted by molar-refractivity contribution is -0.380. The number of hydrogen-bond acceptors (Lipinski definition) is 4. The van der Waals surface area contributed by atoms with E-state index in [1.807, 2.05) is 24.3 Å². The number of thiophene rings is 1. The molecule has 4 nitrogen and oxygen atoms in total. The first kappa shape index (κ1) is 12.1. The van der Waals surface area contributed by atoms with Gasteiger partial charge in [-0.2, -0.15) is 0 Å². The number of anilines is 1. The van der Waals surface area contributed by atoms with Gasteiger partial charge in [-0.25, -0.2) is 0 Å². The Balaban J connectivity index is 2.00. The van der Waals surface area contributed by atoms with E-state index in [4.69, 9.17) is 0 Å². The summed E-state index contributed by atoms with van der Waals surface area (Å²) in [6.07, 6.45) is 0. The lowest BCUT2D eigenvalue weighted by Crippen LogP contribution is -1.97. The molecular formula is C11H9BrN2O2S. The molecule has 88 valence electrons. The summed E-state index contributed by atoms with van der Waals surface area (Å²) in [7, 11) is 0. The van der Waals surface area contributed by atoms with E-state index < -0.39 is 0 Å². The average Bonchev–Trinajstić information content (AvgIpc) is 2.75. The second-order valence-corrected chi connectivity index (χ2v) is 5.22. The fourth-order valence-electron chi connectivity index (χ4n) is 1.35. The first-order chi connectivity index (χ1) is 8.15. The van der Waals surface area contributed by atoms with Gasteiger partial charge in [0.05, 0.1) is 4.92 Å². The number of halogens is 1. The number of nitro groups is 1. The number of nitrogens with zero attached hydrogens (tertiary/aromatic N) is 1. The lowest BCUT2D eigenvalue weighted by Gasteiger charge is -2.04. The van der Waals surface area contributed by atoms with E-state index in [1.54, 1.807) is 11.4 Å². The monoisotopic (exact) mass is 312 g/mol. The normalized spacial score (nSPS) is 10.2. The Labute approximate surface area is 111 Å². The standard InChI is InChI=1S/C11H9BrN2O2S/c12-9-2-1-3-10(5-9)13-6-8-4-11(14(15)16)17-7-8/h1-5,7,13H,6H2. The average molecular weight is 313 g/mol. The Bertz CT molecular complexity index is 542. The van der Waals surface area contributed by atoms with Crippen molar-refractivity contribution in [3.05, 3.63) is 55.9 Å². The van der Waals surface area contributed by atoms with Crippen LogP contribution in [-0.2, 0) is 6.54 Å². The fraction of sp³-hybridized carbons (Fsp3) is 0.0909. The minimum absolute atomic E-state index is 0.177. The predicted molar refractivity (Wildman–Crippen MR) is 72.4 cm³/mol. The van der Waals surface area contributed by atoms with Crippen LogP contribution in [-0.4, -0.2) is 4.92 Å². The Hall–Kier alpha value is -1.40. The third-order valence-electron chi connectivity index (χ3n) is 2.14. The molecule has 0 fully saturated rings. The molecule has 0 aliphatic rings. The van der Waals surface area contributed by atoms with E-state index in [-0.39, 0.29) is 9.92 Å². The maximum atomic E-state index is 10.5. The fourth-order valence-corrected chi connectivity index (χ4v) is 2.48. The van der Waals surface area contributed by atoms with Crippen LogP contribution < -0.4 is 5.32 Å². The van der Waals surface area contributed by atoms with Crippen LogP contribution in [0.3, 0.4) is 0 Å². The van der Waals surface area contributed by atoms with Crippen LogP contribution in [0, 0.1) is 10.1 Å². The summed E-state index contributed by atoms with van der Waals surface area (Å²) in [6.45, 7) is 0.584. The zero-order chi connectivity index (χ0) is 12.3. The van der Waals surface area contributed by atoms with Crippen molar-refractivity contribution >= 4 is 38.0 Å². The molecule has 0 aliphatic carbocycles. The zero-order valence-corrected chi connectivity index (χ0v) is 11.1. The predicted octanol–water partition coefficient (Wildman–Crippen LogP) is 4.03. The van der Waals surface area contributed by atoms with Gasteiger partial charge >= 0.3 is 5.00 Å². The quantitative estimate of drug-likeness (QED) is 0.685. The number of benzene rings is 1. The van der Waals surface area contributed by atoms with Gasteiger partial charge in [0.15, 0.2) is 0 Å². The molecular weight excluding hydrogens is 304 g/mol. The largest absolute Gasteiger partial charge is 0.381 e. The van der Waals surface area contributed by atoms with Crippen molar-refractivity contribution in [2.24, 2.45) is 0 Å². The van der Waals surface area contributed by atoms with Crippen molar-refractivity contribution in [3.63, 3.8) is 0 Å². The Morgan fingerprint density at radius 2 is 2.24 bits per heavy atom. The molecule has 2 aromatic rings. The maximum Gasteiger partial charge on any atom is 0.324 e. The van der Waals surface area contributed by atoms with Crippen LogP contribution >= 0.6 is 27.3 Å². The number of hydrogen-bond donors (Lipinski definition) is 1. The van der Waals surface area contributed by atoms with Gasteiger partial charge in [-0.05, 0) is 23.8 Å². The SMILES string of the molecule is O=[N+]([O-])c1cc(CNc2cccc(Br)c2)cs1. The van der Waals surface area contributed by atoms with E-state index in [2.05, 4.69) is 21.2 Å². The van der Waals surface area contributed by atoms with Crippen LogP contribution in [0.1, 0.15) is 5.56 Å². The van der Waals surface area contributed by atoms with Gasteiger partial charge < -0.3 is 5.32 Å². The van der Waals surface area contributed by atoms with Crippen molar-refractivity contribution < 1.29 is 4.92 Å². The van der Waals surface area contributed by atoms with Crippen LogP contribution in [0.5, 0.6) is 0 Å². The van der Waals surface area contributed by atoms with Crippen LogP contribution in [0.25, 0.3) is 0 Å². The molecule has 0 aliphatic heterocycles. The second-order valence-electron chi connectivity index (χ2n) is 3.41. The third kappa shape index (κ3) is 3.28. The van der Waals surface area contributed by atoms with Gasteiger partial charge in [-0.15, -0.1) is 0 Å². The minimum atomic E-state index is -0.368. The van der Waals surface area contributed by atoms with Gasteiger partial charge in [0.2, 0.25) is 0 Å². The summed E-state index contributed by atoms with van der Waals surface area (Å²) >= 11 is 4.53. The summed E-state index contributed by atoms with van der Waals surface area (Å²) < 4.78 is 0.999. The molecule has 1 aromatic heterocycles. The Morgan fingerprint density at radius 1 is 1.41 bits per heavy atom. The van der Waals surface area contributed by atoms with E-state index in [1.165, 1.54) is 0 Å². The molecule has 0 bridgehead atoms. The van der Waals surface area contributed by atoms with Gasteiger partial charge in [0.1, 0.15) is 0 Å². The summed E-state index contributed by atoms with van der Waals surface area (Å²) in [5.74, 6) is 0.